The van der Waals surface area contributed by atoms with E-state index in [0.29, 0.717) is 38.0 Å². The van der Waals surface area contributed by atoms with Crippen molar-refractivity contribution in [3.05, 3.63) is 29.8 Å². The number of carbonyl (C=O) groups excluding carboxylic acids is 5. The Balaban J connectivity index is 1.36. The topological polar surface area (TPSA) is 167 Å². The van der Waals surface area contributed by atoms with Gasteiger partial charge in [-0.05, 0) is 53.0 Å². The van der Waals surface area contributed by atoms with Gasteiger partial charge in [-0.25, -0.2) is 4.79 Å². The van der Waals surface area contributed by atoms with Crippen LogP contribution in [0, 0.1) is 0 Å². The fourth-order valence-corrected chi connectivity index (χ4v) is 6.36. The number of fused-ring (bicyclic) bond motifs is 2. The maximum atomic E-state index is 14.3. The number of nitrogens with zero attached hydrogens (tertiary/aromatic N) is 3. The third-order valence-electron chi connectivity index (χ3n) is 9.09. The Labute approximate surface area is 268 Å². The summed E-state index contributed by atoms with van der Waals surface area (Å²) in [6.07, 6.45) is 1.21. The molecule has 1 aromatic carbocycles. The number of para-hydroxylation sites is 1. The van der Waals surface area contributed by atoms with Gasteiger partial charge in [-0.2, -0.15) is 0 Å². The molecule has 3 N–H and O–H groups in total. The molecule has 5 rings (SSSR count). The van der Waals surface area contributed by atoms with Crippen LogP contribution in [0.4, 0.5) is 4.79 Å². The summed E-state index contributed by atoms with van der Waals surface area (Å²) in [4.78, 5) is 71.7. The lowest BCUT2D eigenvalue weighted by Crippen LogP contribution is -2.66. The largest absolute Gasteiger partial charge is 0.493 e. The maximum absolute atomic E-state index is 14.3. The van der Waals surface area contributed by atoms with Gasteiger partial charge < -0.3 is 39.8 Å². The lowest BCUT2D eigenvalue weighted by Gasteiger charge is -2.43. The van der Waals surface area contributed by atoms with E-state index in [2.05, 4.69) is 10.6 Å². The number of likely N-dealkylation sites (N-methyl/N-ethyl adjacent to an activating group) is 1. The third-order valence-corrected chi connectivity index (χ3v) is 9.09. The number of ether oxygens (including phenoxy) is 3. The van der Waals surface area contributed by atoms with Crippen LogP contribution in [-0.2, 0) is 28.7 Å². The number of benzene rings is 1. The van der Waals surface area contributed by atoms with Crippen molar-refractivity contribution in [1.29, 1.82) is 0 Å². The average Bonchev–Trinajstić information content (AvgIpc) is 3.42. The van der Waals surface area contributed by atoms with Crippen molar-refractivity contribution in [2.75, 3.05) is 40.0 Å². The highest BCUT2D eigenvalue weighted by molar-refractivity contribution is 5.95. The molecule has 252 valence electrons. The number of amides is 5. The van der Waals surface area contributed by atoms with Crippen LogP contribution >= 0.6 is 0 Å². The van der Waals surface area contributed by atoms with Gasteiger partial charge in [-0.3, -0.25) is 24.1 Å². The Kier molecular flexibility index (Phi) is 9.50. The first-order valence-electron chi connectivity index (χ1n) is 15.9. The molecule has 3 saturated heterocycles. The van der Waals surface area contributed by atoms with Crippen LogP contribution in [0.2, 0.25) is 0 Å². The second-order valence-corrected chi connectivity index (χ2v) is 13.6. The first kappa shape index (κ1) is 33.5. The Bertz CT molecular complexity index is 1360. The molecular formula is C32H45N5O9. The quantitative estimate of drug-likeness (QED) is 0.405. The van der Waals surface area contributed by atoms with Gasteiger partial charge in [0, 0.05) is 31.6 Å². The first-order valence-corrected chi connectivity index (χ1v) is 15.9. The molecule has 0 aromatic heterocycles. The molecule has 1 aromatic rings. The number of aliphatic hydroxyl groups is 1. The summed E-state index contributed by atoms with van der Waals surface area (Å²) in [6.45, 7) is 6.76. The number of rotatable bonds is 6. The highest BCUT2D eigenvalue weighted by Gasteiger charge is 2.50. The smallest absolute Gasteiger partial charge is 0.410 e. The van der Waals surface area contributed by atoms with Crippen molar-refractivity contribution in [2.24, 2.45) is 0 Å². The third kappa shape index (κ3) is 6.92. The van der Waals surface area contributed by atoms with E-state index in [1.54, 1.807) is 25.7 Å². The first-order chi connectivity index (χ1) is 21.7. The normalized spacial score (nSPS) is 26.2. The predicted molar refractivity (Wildman–Crippen MR) is 163 cm³/mol. The van der Waals surface area contributed by atoms with Crippen molar-refractivity contribution in [3.63, 3.8) is 0 Å². The van der Waals surface area contributed by atoms with E-state index < -0.39 is 53.1 Å². The molecule has 0 radical (unpaired) electrons. The highest BCUT2D eigenvalue weighted by Crippen LogP contribution is 2.34. The van der Waals surface area contributed by atoms with Crippen LogP contribution in [0.3, 0.4) is 0 Å². The van der Waals surface area contributed by atoms with E-state index in [1.165, 1.54) is 18.9 Å². The molecule has 46 heavy (non-hydrogen) atoms. The van der Waals surface area contributed by atoms with Crippen LogP contribution in [0.5, 0.6) is 5.75 Å². The van der Waals surface area contributed by atoms with Crippen LogP contribution in [0.25, 0.3) is 0 Å². The number of carbonyl (C=O) groups is 5. The molecule has 0 aliphatic carbocycles. The SMILES string of the molecule is C[C@@H](C(=O)N[C@H]1CN(C(=O)C2(O)COC2)CC[C@H]2CC[C@@H](C(=O)N[C@@H]3CCOc4ccccc43)N2C1=O)N(C)C(=O)OC(C)(C)C. The van der Waals surface area contributed by atoms with E-state index in [4.69, 9.17) is 14.2 Å². The summed E-state index contributed by atoms with van der Waals surface area (Å²) < 4.78 is 16.2. The molecule has 14 nitrogen and oxygen atoms in total. The lowest BCUT2D eigenvalue weighted by atomic mass is 9.98. The summed E-state index contributed by atoms with van der Waals surface area (Å²) in [5.74, 6) is -1.31. The van der Waals surface area contributed by atoms with Crippen molar-refractivity contribution >= 4 is 29.7 Å². The summed E-state index contributed by atoms with van der Waals surface area (Å²) in [7, 11) is 1.42. The maximum Gasteiger partial charge on any atom is 0.410 e. The summed E-state index contributed by atoms with van der Waals surface area (Å²) in [5.41, 5.74) is -1.61. The van der Waals surface area contributed by atoms with E-state index in [9.17, 15) is 29.1 Å². The van der Waals surface area contributed by atoms with E-state index in [0.717, 1.165) is 10.5 Å². The Morgan fingerprint density at radius 3 is 2.46 bits per heavy atom. The van der Waals surface area contributed by atoms with Crippen LogP contribution in [0.15, 0.2) is 24.3 Å². The minimum Gasteiger partial charge on any atom is -0.493 e. The average molecular weight is 644 g/mol. The van der Waals surface area contributed by atoms with Crippen molar-refractivity contribution in [2.45, 2.75) is 94.8 Å². The molecule has 4 aliphatic rings. The minimum atomic E-state index is -1.70. The Hall–Kier alpha value is -3.91. The zero-order valence-electron chi connectivity index (χ0n) is 27.1. The molecule has 0 bridgehead atoms. The minimum absolute atomic E-state index is 0.155. The number of nitrogens with one attached hydrogen (secondary N) is 2. The fraction of sp³-hybridized carbons (Fsp3) is 0.656. The van der Waals surface area contributed by atoms with Crippen LogP contribution in [0.1, 0.15) is 65.0 Å². The molecule has 4 heterocycles. The molecule has 3 fully saturated rings. The molecule has 5 atom stereocenters. The van der Waals surface area contributed by atoms with E-state index in [-0.39, 0.29) is 44.3 Å². The number of hydrogen-bond donors (Lipinski definition) is 3. The molecular weight excluding hydrogens is 598 g/mol. The molecule has 14 heteroatoms. The highest BCUT2D eigenvalue weighted by atomic mass is 16.6. The zero-order chi connectivity index (χ0) is 33.4. The Morgan fingerprint density at radius 1 is 1.07 bits per heavy atom. The van der Waals surface area contributed by atoms with Gasteiger partial charge in [0.2, 0.25) is 17.7 Å². The molecule has 4 aliphatic heterocycles. The van der Waals surface area contributed by atoms with Crippen molar-refractivity contribution in [1.82, 2.24) is 25.3 Å². The van der Waals surface area contributed by atoms with Crippen LogP contribution in [-0.4, -0.2) is 125 Å². The second-order valence-electron chi connectivity index (χ2n) is 13.6. The van der Waals surface area contributed by atoms with Gasteiger partial charge in [0.1, 0.15) is 29.5 Å². The molecule has 0 unspecified atom stereocenters. The zero-order valence-corrected chi connectivity index (χ0v) is 27.1. The van der Waals surface area contributed by atoms with Crippen molar-refractivity contribution < 1.29 is 43.3 Å². The van der Waals surface area contributed by atoms with Gasteiger partial charge in [0.15, 0.2) is 5.60 Å². The molecule has 0 spiro atoms. The Morgan fingerprint density at radius 2 is 1.78 bits per heavy atom. The van der Waals surface area contributed by atoms with Crippen molar-refractivity contribution in [3.8, 4) is 5.75 Å². The number of hydrogen-bond acceptors (Lipinski definition) is 9. The van der Waals surface area contributed by atoms with E-state index in [1.807, 2.05) is 24.3 Å². The van der Waals surface area contributed by atoms with Gasteiger partial charge in [-0.15, -0.1) is 0 Å². The standard InChI is InChI=1S/C32H45N5O9/c1-19(35(5)30(42)46-31(2,3)4)26(38)34-23-16-36(29(41)32(43)17-44-18-32)14-12-20-10-11-24(37(20)28(23)40)27(39)33-22-13-15-45-25-9-7-6-8-21(22)25/h6-9,19-20,22-24,43H,10-18H2,1-5H3,(H,33,39)(H,34,38)/t19-,20+,22+,23-,24-/m0/s1. The molecule has 0 saturated carbocycles. The van der Waals surface area contributed by atoms with Crippen LogP contribution < -0.4 is 15.4 Å². The van der Waals surface area contributed by atoms with E-state index >= 15 is 0 Å². The lowest BCUT2D eigenvalue weighted by molar-refractivity contribution is -0.201. The van der Waals surface area contributed by atoms with Gasteiger partial charge in [0.05, 0.1) is 32.4 Å². The summed E-state index contributed by atoms with van der Waals surface area (Å²) in [5, 5.41) is 16.6. The molecule has 5 amide bonds. The predicted octanol–water partition coefficient (Wildman–Crippen LogP) is 0.720. The summed E-state index contributed by atoms with van der Waals surface area (Å²) in [6, 6.07) is 3.83. The van der Waals surface area contributed by atoms with Gasteiger partial charge >= 0.3 is 6.09 Å². The van der Waals surface area contributed by atoms with Gasteiger partial charge in [-0.1, -0.05) is 18.2 Å². The monoisotopic (exact) mass is 643 g/mol. The fourth-order valence-electron chi connectivity index (χ4n) is 6.36. The second kappa shape index (κ2) is 13.1. The van der Waals surface area contributed by atoms with Gasteiger partial charge in [0.25, 0.3) is 5.91 Å². The summed E-state index contributed by atoms with van der Waals surface area (Å²) >= 11 is 0.